The second-order valence-corrected chi connectivity index (χ2v) is 11.7. The molecular formula is C32H57N5O3. The van der Waals surface area contributed by atoms with Crippen molar-refractivity contribution in [1.82, 2.24) is 24.0 Å². The number of hydrogen-bond acceptors (Lipinski definition) is 4. The molecule has 0 aromatic carbocycles. The van der Waals surface area contributed by atoms with Crippen LogP contribution in [0.2, 0.25) is 0 Å². The van der Waals surface area contributed by atoms with E-state index in [1.165, 1.54) is 101 Å². The van der Waals surface area contributed by atoms with Crippen LogP contribution in [0.1, 0.15) is 142 Å². The maximum atomic E-state index is 12.2. The summed E-state index contributed by atoms with van der Waals surface area (Å²) in [5.41, 5.74) is 0.115. The molecule has 0 radical (unpaired) electrons. The third-order valence-electron chi connectivity index (χ3n) is 8.28. The first-order chi connectivity index (χ1) is 19.4. The van der Waals surface area contributed by atoms with Gasteiger partial charge in [-0.15, -0.1) is 0 Å². The molecule has 1 N–H and O–H groups in total. The van der Waals surface area contributed by atoms with Crippen LogP contribution in [0.4, 0.5) is 0 Å². The van der Waals surface area contributed by atoms with Gasteiger partial charge in [0, 0.05) is 40.5 Å². The molecule has 8 heteroatoms. The van der Waals surface area contributed by atoms with E-state index in [9.17, 15) is 14.4 Å². The summed E-state index contributed by atoms with van der Waals surface area (Å²) in [5.74, 6) is 1.08. The molecule has 0 saturated carbocycles. The Morgan fingerprint density at radius 2 is 1.15 bits per heavy atom. The van der Waals surface area contributed by atoms with Crippen molar-refractivity contribution in [2.45, 2.75) is 142 Å². The van der Waals surface area contributed by atoms with Gasteiger partial charge in [-0.25, -0.2) is 9.78 Å². The fourth-order valence-electron chi connectivity index (χ4n) is 5.62. The number of aromatic nitrogens is 4. The first-order valence-corrected chi connectivity index (χ1v) is 16.3. The number of carbonyl (C=O) groups is 1. The zero-order chi connectivity index (χ0) is 29.2. The molecule has 0 bridgehead atoms. The number of imidazole rings is 1. The fraction of sp³-hybridized carbons (Fsp3) is 0.812. The van der Waals surface area contributed by atoms with Crippen molar-refractivity contribution in [3.05, 3.63) is 26.7 Å². The number of unbranched alkanes of at least 4 members (excludes halogenated alkanes) is 17. The maximum Gasteiger partial charge on any atom is 0.329 e. The van der Waals surface area contributed by atoms with Gasteiger partial charge in [0.2, 0.25) is 5.91 Å². The summed E-state index contributed by atoms with van der Waals surface area (Å²) in [6, 6.07) is 0. The molecule has 0 atom stereocenters. The number of carbonyl (C=O) groups excluding carboxylic acids is 1. The zero-order valence-electron chi connectivity index (χ0n) is 26.1. The Hall–Kier alpha value is -2.38. The highest BCUT2D eigenvalue weighted by Gasteiger charge is 2.14. The predicted molar refractivity (Wildman–Crippen MR) is 166 cm³/mol. The minimum atomic E-state index is -0.428. The lowest BCUT2D eigenvalue weighted by atomic mass is 10.1. The lowest BCUT2D eigenvalue weighted by molar-refractivity contribution is -0.129. The normalized spacial score (nSPS) is 11.5. The van der Waals surface area contributed by atoms with E-state index in [0.29, 0.717) is 11.2 Å². The molecule has 2 heterocycles. The fourth-order valence-corrected chi connectivity index (χ4v) is 5.62. The average Bonchev–Trinajstić information content (AvgIpc) is 3.26. The highest BCUT2D eigenvalue weighted by molar-refractivity contribution is 5.73. The van der Waals surface area contributed by atoms with Gasteiger partial charge in [0.05, 0.1) is 0 Å². The van der Waals surface area contributed by atoms with Crippen LogP contribution in [0.3, 0.4) is 0 Å². The van der Waals surface area contributed by atoms with Gasteiger partial charge in [0.25, 0.3) is 5.56 Å². The number of aromatic amines is 1. The Morgan fingerprint density at radius 3 is 1.62 bits per heavy atom. The van der Waals surface area contributed by atoms with E-state index in [-0.39, 0.29) is 11.5 Å². The van der Waals surface area contributed by atoms with E-state index in [4.69, 9.17) is 0 Å². The molecular weight excluding hydrogens is 502 g/mol. The molecule has 0 aliphatic carbocycles. The molecule has 0 aliphatic rings. The molecule has 1 amide bonds. The second kappa shape index (κ2) is 19.7. The number of nitrogens with one attached hydrogen (secondary N) is 1. The van der Waals surface area contributed by atoms with E-state index in [1.54, 1.807) is 14.0 Å². The molecule has 2 rings (SSSR count). The topological polar surface area (TPSA) is 93.0 Å². The SMILES string of the molecule is CCCCCCCCCCCCN(CCCCCCCCCCCc1nc2c(c(=O)[nH]c(=O)n2C)n1C)C(C)=O. The molecule has 40 heavy (non-hydrogen) atoms. The summed E-state index contributed by atoms with van der Waals surface area (Å²) in [4.78, 5) is 45.0. The third kappa shape index (κ3) is 12.0. The molecule has 2 aromatic heterocycles. The van der Waals surface area contributed by atoms with Crippen molar-refractivity contribution in [1.29, 1.82) is 0 Å². The Bertz CT molecular complexity index is 1100. The summed E-state index contributed by atoms with van der Waals surface area (Å²) in [6.07, 6.45) is 24.8. The highest BCUT2D eigenvalue weighted by atomic mass is 16.2. The van der Waals surface area contributed by atoms with Crippen molar-refractivity contribution >= 4 is 17.1 Å². The maximum absolute atomic E-state index is 12.2. The smallest absolute Gasteiger partial charge is 0.329 e. The van der Waals surface area contributed by atoms with Crippen LogP contribution in [0.15, 0.2) is 9.59 Å². The molecule has 0 aliphatic heterocycles. The van der Waals surface area contributed by atoms with Gasteiger partial charge in [-0.3, -0.25) is 19.1 Å². The van der Waals surface area contributed by atoms with E-state index in [2.05, 4.69) is 21.8 Å². The Balaban J connectivity index is 1.46. The van der Waals surface area contributed by atoms with Crippen molar-refractivity contribution in [2.24, 2.45) is 14.1 Å². The predicted octanol–water partition coefficient (Wildman–Crippen LogP) is 6.78. The molecule has 0 fully saturated rings. The molecule has 0 spiro atoms. The first kappa shape index (κ1) is 33.8. The lowest BCUT2D eigenvalue weighted by Gasteiger charge is -2.21. The molecule has 0 saturated heterocycles. The summed E-state index contributed by atoms with van der Waals surface area (Å²) < 4.78 is 3.22. The Labute approximate surface area is 241 Å². The van der Waals surface area contributed by atoms with Crippen LogP contribution < -0.4 is 11.2 Å². The van der Waals surface area contributed by atoms with Crippen LogP contribution in [-0.4, -0.2) is 43.0 Å². The number of nitrogens with zero attached hydrogens (tertiary/aromatic N) is 4. The number of hydrogen-bond donors (Lipinski definition) is 1. The molecule has 2 aromatic rings. The van der Waals surface area contributed by atoms with Crippen molar-refractivity contribution in [3.8, 4) is 0 Å². The number of aryl methyl sites for hydroxylation is 3. The summed E-state index contributed by atoms with van der Waals surface area (Å²) in [5, 5.41) is 0. The number of rotatable bonds is 23. The largest absolute Gasteiger partial charge is 0.343 e. The van der Waals surface area contributed by atoms with Gasteiger partial charge in [-0.05, 0) is 19.3 Å². The summed E-state index contributed by atoms with van der Waals surface area (Å²) in [7, 11) is 3.48. The van der Waals surface area contributed by atoms with Gasteiger partial charge in [0.1, 0.15) is 5.82 Å². The number of fused-ring (bicyclic) bond motifs is 1. The average molecular weight is 560 g/mol. The minimum Gasteiger partial charge on any atom is -0.343 e. The summed E-state index contributed by atoms with van der Waals surface area (Å²) >= 11 is 0. The number of amides is 1. The van der Waals surface area contributed by atoms with E-state index in [0.717, 1.165) is 51.0 Å². The molecule has 0 unspecified atom stereocenters. The highest BCUT2D eigenvalue weighted by Crippen LogP contribution is 2.15. The standard InChI is InChI=1S/C32H57N5O3/c1-5-6-7-8-9-10-13-16-19-22-25-37(27(2)38)26-23-20-17-14-11-12-15-18-21-24-28-33-30-29(35(28)3)31(39)34-32(40)36(30)4/h5-26H2,1-4H3,(H,34,39,40). The van der Waals surface area contributed by atoms with E-state index < -0.39 is 5.69 Å². The number of H-pyrrole nitrogens is 1. The van der Waals surface area contributed by atoms with Crippen LogP contribution in [0.5, 0.6) is 0 Å². The molecule has 8 nitrogen and oxygen atoms in total. The van der Waals surface area contributed by atoms with Crippen LogP contribution in [-0.2, 0) is 25.3 Å². The Morgan fingerprint density at radius 1 is 0.700 bits per heavy atom. The first-order valence-electron chi connectivity index (χ1n) is 16.3. The third-order valence-corrected chi connectivity index (χ3v) is 8.28. The molecule has 228 valence electrons. The monoisotopic (exact) mass is 559 g/mol. The van der Waals surface area contributed by atoms with Crippen LogP contribution in [0, 0.1) is 0 Å². The van der Waals surface area contributed by atoms with Gasteiger partial charge in [0.15, 0.2) is 11.2 Å². The van der Waals surface area contributed by atoms with Crippen molar-refractivity contribution < 1.29 is 4.79 Å². The summed E-state index contributed by atoms with van der Waals surface area (Å²) in [6.45, 7) is 5.82. The van der Waals surface area contributed by atoms with Crippen molar-refractivity contribution in [3.63, 3.8) is 0 Å². The zero-order valence-corrected chi connectivity index (χ0v) is 26.1. The van der Waals surface area contributed by atoms with E-state index in [1.807, 2.05) is 11.6 Å². The van der Waals surface area contributed by atoms with Gasteiger partial charge < -0.3 is 9.47 Å². The van der Waals surface area contributed by atoms with Gasteiger partial charge in [-0.1, -0.05) is 110 Å². The quantitative estimate of drug-likeness (QED) is 0.152. The van der Waals surface area contributed by atoms with Crippen LogP contribution in [0.25, 0.3) is 11.2 Å². The minimum absolute atomic E-state index is 0.227. The van der Waals surface area contributed by atoms with Crippen molar-refractivity contribution in [2.75, 3.05) is 13.1 Å². The van der Waals surface area contributed by atoms with E-state index >= 15 is 0 Å². The van der Waals surface area contributed by atoms with Gasteiger partial charge >= 0.3 is 5.69 Å². The van der Waals surface area contributed by atoms with Gasteiger partial charge in [-0.2, -0.15) is 0 Å². The second-order valence-electron chi connectivity index (χ2n) is 11.7. The lowest BCUT2D eigenvalue weighted by Crippen LogP contribution is -2.30. The van der Waals surface area contributed by atoms with Crippen LogP contribution >= 0.6 is 0 Å². The Kier molecular flexibility index (Phi) is 16.6.